The van der Waals surface area contributed by atoms with Gasteiger partial charge in [-0.05, 0) is 36.6 Å². The number of rotatable bonds is 5. The Morgan fingerprint density at radius 3 is 2.24 bits per heavy atom. The van der Waals surface area contributed by atoms with Gasteiger partial charge in [-0.3, -0.25) is 4.79 Å². The van der Waals surface area contributed by atoms with Gasteiger partial charge >= 0.3 is 0 Å². The number of para-hydroxylation sites is 1. The molecule has 0 saturated heterocycles. The van der Waals surface area contributed by atoms with Crippen LogP contribution in [0.4, 0.5) is 11.6 Å². The van der Waals surface area contributed by atoms with Gasteiger partial charge in [0, 0.05) is 24.6 Å². The molecule has 0 spiro atoms. The van der Waals surface area contributed by atoms with Crippen LogP contribution in [0.15, 0.2) is 60.9 Å². The van der Waals surface area contributed by atoms with E-state index in [2.05, 4.69) is 39.7 Å². The monoisotopic (exact) mass is 332 g/mol. The van der Waals surface area contributed by atoms with Gasteiger partial charge in [0.2, 0.25) is 5.95 Å². The van der Waals surface area contributed by atoms with Crippen LogP contribution in [0.5, 0.6) is 0 Å². The average Bonchev–Trinajstić information content (AvgIpc) is 2.63. The Hall–Kier alpha value is -3.21. The lowest BCUT2D eigenvalue weighted by Gasteiger charge is -2.09. The molecule has 0 aliphatic rings. The molecule has 0 bridgehead atoms. The molecular formula is C20H20N4O. The number of aromatic nitrogens is 2. The topological polar surface area (TPSA) is 66.9 Å². The van der Waals surface area contributed by atoms with Gasteiger partial charge in [0.05, 0.1) is 5.56 Å². The molecule has 2 N–H and O–H groups in total. The van der Waals surface area contributed by atoms with Crippen molar-refractivity contribution in [3.63, 3.8) is 0 Å². The van der Waals surface area contributed by atoms with Crippen LogP contribution < -0.4 is 10.6 Å². The molecule has 5 heteroatoms. The van der Waals surface area contributed by atoms with Crippen molar-refractivity contribution >= 4 is 17.5 Å². The predicted molar refractivity (Wildman–Crippen MR) is 99.7 cm³/mol. The molecule has 3 rings (SSSR count). The highest BCUT2D eigenvalue weighted by Gasteiger charge is 2.09. The van der Waals surface area contributed by atoms with Gasteiger partial charge in [0.15, 0.2) is 0 Å². The van der Waals surface area contributed by atoms with Crippen LogP contribution in [0.3, 0.4) is 0 Å². The van der Waals surface area contributed by atoms with Gasteiger partial charge < -0.3 is 10.6 Å². The fourth-order valence-corrected chi connectivity index (χ4v) is 2.43. The van der Waals surface area contributed by atoms with E-state index >= 15 is 0 Å². The van der Waals surface area contributed by atoms with Crippen molar-refractivity contribution in [1.82, 2.24) is 9.97 Å². The van der Waals surface area contributed by atoms with Crippen molar-refractivity contribution in [2.24, 2.45) is 0 Å². The maximum absolute atomic E-state index is 12.3. The first kappa shape index (κ1) is 16.6. The minimum Gasteiger partial charge on any atom is -0.350 e. The summed E-state index contributed by atoms with van der Waals surface area (Å²) in [6.07, 6.45) is 3.06. The molecule has 0 aliphatic heterocycles. The second kappa shape index (κ2) is 7.57. The van der Waals surface area contributed by atoms with E-state index in [1.165, 1.54) is 23.5 Å². The first-order valence-electron chi connectivity index (χ1n) is 8.11. The molecule has 0 saturated carbocycles. The van der Waals surface area contributed by atoms with Crippen molar-refractivity contribution in [2.75, 3.05) is 10.6 Å². The maximum Gasteiger partial charge on any atom is 0.258 e. The molecule has 1 amide bonds. The third-order valence-corrected chi connectivity index (χ3v) is 4.01. The van der Waals surface area contributed by atoms with Crippen LogP contribution in [-0.2, 0) is 6.54 Å². The molecule has 1 heterocycles. The Morgan fingerprint density at radius 2 is 1.56 bits per heavy atom. The van der Waals surface area contributed by atoms with Gasteiger partial charge in [-0.2, -0.15) is 0 Å². The zero-order valence-corrected chi connectivity index (χ0v) is 14.3. The summed E-state index contributed by atoms with van der Waals surface area (Å²) < 4.78 is 0. The van der Waals surface area contributed by atoms with E-state index in [9.17, 15) is 4.79 Å². The van der Waals surface area contributed by atoms with Crippen LogP contribution in [0.25, 0.3) is 0 Å². The fourth-order valence-electron chi connectivity index (χ4n) is 2.43. The number of anilines is 2. The third-order valence-electron chi connectivity index (χ3n) is 4.01. The van der Waals surface area contributed by atoms with Crippen LogP contribution in [0, 0.1) is 13.8 Å². The first-order valence-corrected chi connectivity index (χ1v) is 8.11. The number of aryl methyl sites for hydroxylation is 2. The SMILES string of the molecule is Cc1ccccc1CNc1ncc(C(=O)Nc2ccccc2C)cn1. The van der Waals surface area contributed by atoms with Gasteiger partial charge in [0.1, 0.15) is 0 Å². The van der Waals surface area contributed by atoms with Crippen LogP contribution in [0.1, 0.15) is 27.0 Å². The van der Waals surface area contributed by atoms with E-state index in [4.69, 9.17) is 0 Å². The summed E-state index contributed by atoms with van der Waals surface area (Å²) in [4.78, 5) is 20.7. The van der Waals surface area contributed by atoms with Crippen molar-refractivity contribution < 1.29 is 4.79 Å². The van der Waals surface area contributed by atoms with Gasteiger partial charge in [-0.1, -0.05) is 42.5 Å². The fraction of sp³-hybridized carbons (Fsp3) is 0.150. The summed E-state index contributed by atoms with van der Waals surface area (Å²) in [5.41, 5.74) is 4.61. The lowest BCUT2D eigenvalue weighted by molar-refractivity contribution is 0.102. The zero-order valence-electron chi connectivity index (χ0n) is 14.3. The highest BCUT2D eigenvalue weighted by Crippen LogP contribution is 2.15. The van der Waals surface area contributed by atoms with E-state index in [1.54, 1.807) is 0 Å². The van der Waals surface area contributed by atoms with Crippen LogP contribution in [-0.4, -0.2) is 15.9 Å². The molecule has 1 aromatic heterocycles. The van der Waals surface area contributed by atoms with Gasteiger partial charge in [-0.15, -0.1) is 0 Å². The highest BCUT2D eigenvalue weighted by molar-refractivity contribution is 6.04. The molecule has 126 valence electrons. The molecule has 3 aromatic rings. The molecular weight excluding hydrogens is 312 g/mol. The number of hydrogen-bond donors (Lipinski definition) is 2. The smallest absolute Gasteiger partial charge is 0.258 e. The molecule has 0 atom stereocenters. The summed E-state index contributed by atoms with van der Waals surface area (Å²) in [7, 11) is 0. The second-order valence-corrected chi connectivity index (χ2v) is 5.84. The van der Waals surface area contributed by atoms with E-state index < -0.39 is 0 Å². The predicted octanol–water partition coefficient (Wildman–Crippen LogP) is 3.96. The highest BCUT2D eigenvalue weighted by atomic mass is 16.1. The number of benzene rings is 2. The molecule has 25 heavy (non-hydrogen) atoms. The Kier molecular flexibility index (Phi) is 5.04. The largest absolute Gasteiger partial charge is 0.350 e. The molecule has 0 unspecified atom stereocenters. The van der Waals surface area contributed by atoms with Crippen molar-refractivity contribution in [3.05, 3.63) is 83.2 Å². The van der Waals surface area contributed by atoms with Crippen molar-refractivity contribution in [2.45, 2.75) is 20.4 Å². The van der Waals surface area contributed by atoms with Crippen LogP contribution >= 0.6 is 0 Å². The third kappa shape index (κ3) is 4.20. The number of nitrogens with one attached hydrogen (secondary N) is 2. The summed E-state index contributed by atoms with van der Waals surface area (Å²) in [6, 6.07) is 15.8. The minimum atomic E-state index is -0.222. The molecule has 2 aromatic carbocycles. The quantitative estimate of drug-likeness (QED) is 0.742. The normalized spacial score (nSPS) is 10.3. The summed E-state index contributed by atoms with van der Waals surface area (Å²) in [5.74, 6) is 0.274. The number of carbonyl (C=O) groups excluding carboxylic acids is 1. The molecule has 0 radical (unpaired) electrons. The van der Waals surface area contributed by atoms with E-state index in [0.717, 1.165) is 11.3 Å². The number of amides is 1. The standard InChI is InChI=1S/C20H20N4O/c1-14-7-3-5-9-16(14)11-21-20-22-12-17(13-23-20)19(25)24-18-10-6-4-8-15(18)2/h3-10,12-13H,11H2,1-2H3,(H,24,25)(H,21,22,23). The lowest BCUT2D eigenvalue weighted by atomic mass is 10.1. The van der Waals surface area contributed by atoms with E-state index in [0.29, 0.717) is 18.1 Å². The average molecular weight is 332 g/mol. The maximum atomic E-state index is 12.3. The van der Waals surface area contributed by atoms with Gasteiger partial charge in [0.25, 0.3) is 5.91 Å². The summed E-state index contributed by atoms with van der Waals surface area (Å²) in [5, 5.41) is 6.04. The van der Waals surface area contributed by atoms with Gasteiger partial charge in [-0.25, -0.2) is 9.97 Å². The van der Waals surface area contributed by atoms with Crippen LogP contribution in [0.2, 0.25) is 0 Å². The number of nitrogens with zero attached hydrogens (tertiary/aromatic N) is 2. The minimum absolute atomic E-state index is 0.222. The number of hydrogen-bond acceptors (Lipinski definition) is 4. The second-order valence-electron chi connectivity index (χ2n) is 5.84. The Morgan fingerprint density at radius 1 is 0.920 bits per heavy atom. The Balaban J connectivity index is 1.63. The Bertz CT molecular complexity index is 875. The zero-order chi connectivity index (χ0) is 17.6. The molecule has 0 aliphatic carbocycles. The Labute approximate surface area is 147 Å². The lowest BCUT2D eigenvalue weighted by Crippen LogP contribution is -2.14. The van der Waals surface area contributed by atoms with E-state index in [1.807, 2.05) is 43.3 Å². The summed E-state index contributed by atoms with van der Waals surface area (Å²) >= 11 is 0. The summed E-state index contributed by atoms with van der Waals surface area (Å²) in [6.45, 7) is 4.66. The van der Waals surface area contributed by atoms with Crippen molar-refractivity contribution in [3.8, 4) is 0 Å². The molecule has 5 nitrogen and oxygen atoms in total. The van der Waals surface area contributed by atoms with Crippen molar-refractivity contribution in [1.29, 1.82) is 0 Å². The first-order chi connectivity index (χ1) is 12.1. The number of carbonyl (C=O) groups is 1. The molecule has 0 fully saturated rings. The van der Waals surface area contributed by atoms with E-state index in [-0.39, 0.29) is 5.91 Å².